The number of aromatic nitrogens is 8. The lowest BCUT2D eigenvalue weighted by atomic mass is 10.0. The minimum Gasteiger partial charge on any atom is -0.478 e. The van der Waals surface area contributed by atoms with Gasteiger partial charge in [-0.2, -0.15) is 0 Å². The third-order valence-electron chi connectivity index (χ3n) is 22.6. The van der Waals surface area contributed by atoms with E-state index in [1.54, 1.807) is 24.3 Å². The van der Waals surface area contributed by atoms with Gasteiger partial charge in [0.2, 0.25) is 0 Å². The Bertz CT molecular complexity index is 7850. The number of ether oxygens (including phenoxy) is 6. The number of rotatable bonds is 20. The van der Waals surface area contributed by atoms with Crippen LogP contribution in [0.25, 0.3) is 168 Å². The van der Waals surface area contributed by atoms with Crippen LogP contribution in [0.4, 0.5) is 0 Å². The summed E-state index contributed by atoms with van der Waals surface area (Å²) in [7, 11) is 0. The van der Waals surface area contributed by atoms with Gasteiger partial charge in [0.05, 0.1) is 5.56 Å². The number of hydrogen-bond donors (Lipinski definition) is 3. The molecule has 0 unspecified atom stereocenters. The number of carboxylic acid groups (broad SMARTS) is 1. The van der Waals surface area contributed by atoms with Crippen LogP contribution in [0.2, 0.25) is 0 Å². The first kappa shape index (κ1) is 75.6. The highest BCUT2D eigenvalue weighted by Crippen LogP contribution is 2.52. The summed E-state index contributed by atoms with van der Waals surface area (Å²) in [6, 6.07) is 133. The quantitative estimate of drug-likeness (QED) is 0.0650. The molecule has 0 amide bonds. The first-order valence-electron chi connectivity index (χ1n) is 41.5. The molecule has 17 aromatic carbocycles. The van der Waals surface area contributed by atoms with Gasteiger partial charge in [0.25, 0.3) is 0 Å². The van der Waals surface area contributed by atoms with Crippen molar-refractivity contribution < 1.29 is 38.3 Å². The van der Waals surface area contributed by atoms with Crippen LogP contribution in [-0.2, 0) is 0 Å². The molecule has 0 spiro atoms. The summed E-state index contributed by atoms with van der Waals surface area (Å²) in [4.78, 5) is 53.8. The lowest BCUT2D eigenvalue weighted by Crippen LogP contribution is -1.95. The topological polar surface area (TPSA) is 202 Å². The Kier molecular flexibility index (Phi) is 19.5. The molecule has 22 rings (SSSR count). The van der Waals surface area contributed by atoms with Crippen LogP contribution in [0.3, 0.4) is 0 Å². The number of fused-ring (bicyclic) bond motifs is 20. The number of carboxylic acids is 1. The maximum atomic E-state index is 12.4. The van der Waals surface area contributed by atoms with Crippen LogP contribution in [0.15, 0.2) is 406 Å². The summed E-state index contributed by atoms with van der Waals surface area (Å²) in [6.07, 6.45) is 0. The maximum absolute atomic E-state index is 12.4. The Balaban J connectivity index is 0.845. The van der Waals surface area contributed by atoms with Crippen molar-refractivity contribution in [2.45, 2.75) is 0 Å². The molecule has 0 atom stereocenters. The number of nitrogens with zero attached hydrogens (tertiary/aromatic N) is 6. The second-order valence-electron chi connectivity index (χ2n) is 30.6. The molecule has 127 heavy (non-hydrogen) atoms. The first-order chi connectivity index (χ1) is 62.7. The molecule has 0 saturated heterocycles. The summed E-state index contributed by atoms with van der Waals surface area (Å²) < 4.78 is 44.1. The zero-order chi connectivity index (χ0) is 84.7. The van der Waals surface area contributed by atoms with Crippen molar-refractivity contribution in [1.29, 1.82) is 0 Å². The van der Waals surface area contributed by atoms with Gasteiger partial charge in [-0.1, -0.05) is 309 Å². The van der Waals surface area contributed by atoms with Crippen molar-refractivity contribution in [2.24, 2.45) is 0 Å². The van der Waals surface area contributed by atoms with Crippen molar-refractivity contribution >= 4 is 50.1 Å². The van der Waals surface area contributed by atoms with Crippen LogP contribution >= 0.6 is 0 Å². The molecule has 2 aliphatic rings. The summed E-state index contributed by atoms with van der Waals surface area (Å²) in [6.45, 7) is 0. The minimum atomic E-state index is -1.04. The van der Waals surface area contributed by atoms with E-state index in [0.29, 0.717) is 135 Å². The van der Waals surface area contributed by atoms with Gasteiger partial charge in [0.1, 0.15) is 57.1 Å². The monoisotopic (exact) mass is 1640 g/mol. The third-order valence-corrected chi connectivity index (χ3v) is 22.6. The fourth-order valence-electron chi connectivity index (χ4n) is 16.5. The van der Waals surface area contributed by atoms with Gasteiger partial charge in [0.15, 0.2) is 57.8 Å². The zero-order valence-corrected chi connectivity index (χ0v) is 67.7. The Morgan fingerprint density at radius 3 is 0.669 bits per heavy atom. The van der Waals surface area contributed by atoms with Crippen molar-refractivity contribution in [2.75, 3.05) is 0 Å². The van der Waals surface area contributed by atoms with E-state index in [4.69, 9.17) is 58.3 Å². The van der Waals surface area contributed by atoms with Crippen LogP contribution < -0.4 is 28.4 Å². The summed E-state index contributed by atoms with van der Waals surface area (Å²) in [5.74, 6) is 5.37. The molecule has 0 saturated carbocycles. The van der Waals surface area contributed by atoms with Crippen LogP contribution in [0.1, 0.15) is 10.4 Å². The maximum Gasteiger partial charge on any atom is 0.335 e. The minimum absolute atomic E-state index is 0.148. The molecule has 602 valence electrons. The average Bonchev–Trinajstić information content (AvgIpc) is 1.59. The smallest absolute Gasteiger partial charge is 0.335 e. The summed E-state index contributed by atoms with van der Waals surface area (Å²) >= 11 is 0. The number of aromatic carboxylic acids is 1. The van der Waals surface area contributed by atoms with E-state index in [2.05, 4.69) is 82.8 Å². The van der Waals surface area contributed by atoms with Crippen molar-refractivity contribution in [3.05, 3.63) is 412 Å². The number of H-pyrrole nitrogens is 2. The largest absolute Gasteiger partial charge is 0.478 e. The van der Waals surface area contributed by atoms with Gasteiger partial charge in [0, 0.05) is 77.2 Å². The van der Waals surface area contributed by atoms with Gasteiger partial charge in [-0.05, 0) is 142 Å². The predicted molar refractivity (Wildman–Crippen MR) is 500 cm³/mol. The van der Waals surface area contributed by atoms with E-state index in [-0.39, 0.29) is 28.9 Å². The summed E-state index contributed by atoms with van der Waals surface area (Å²) in [5.41, 5.74) is 15.9. The number of benzene rings is 17. The lowest BCUT2D eigenvalue weighted by molar-refractivity contribution is 0.0696. The normalized spacial score (nSPS) is 11.4. The van der Waals surface area contributed by atoms with Gasteiger partial charge >= 0.3 is 5.97 Å². The molecule has 8 bridgehead atoms. The molecule has 0 radical (unpaired) electrons. The molecule has 3 N–H and O–H groups in total. The Morgan fingerprint density at radius 1 is 0.189 bits per heavy atom. The molecular formula is C111H70N8O8. The number of para-hydroxylation sites is 6. The molecule has 16 heteroatoms. The van der Waals surface area contributed by atoms with Gasteiger partial charge in [-0.25, -0.2) is 34.7 Å². The highest BCUT2D eigenvalue weighted by Gasteiger charge is 2.31. The van der Waals surface area contributed by atoms with Crippen molar-refractivity contribution in [1.82, 2.24) is 39.9 Å². The highest BCUT2D eigenvalue weighted by molar-refractivity contribution is 6.09. The first-order valence-corrected chi connectivity index (χ1v) is 41.5. The van der Waals surface area contributed by atoms with Gasteiger partial charge in [-0.3, -0.25) is 0 Å². The molecular weight excluding hydrogens is 1570 g/mol. The number of nitrogens with one attached hydrogen (secondary N) is 2. The van der Waals surface area contributed by atoms with E-state index >= 15 is 0 Å². The molecule has 0 fully saturated rings. The predicted octanol–water partition coefficient (Wildman–Crippen LogP) is 29.0. The van der Waals surface area contributed by atoms with E-state index in [1.165, 1.54) is 0 Å². The molecule has 0 aliphatic carbocycles. The van der Waals surface area contributed by atoms with Gasteiger partial charge in [-0.15, -0.1) is 0 Å². The van der Waals surface area contributed by atoms with E-state index in [9.17, 15) is 9.90 Å². The fraction of sp³-hybridized carbons (Fsp3) is 0. The number of carbonyl (C=O) groups is 1. The van der Waals surface area contributed by atoms with Crippen LogP contribution in [0, 0.1) is 0 Å². The fourth-order valence-corrected chi connectivity index (χ4v) is 16.5. The standard InChI is InChI=1S/C111H70N8O8/c120-111(121)75-57-55-68(56-58-75)76-59-60-83-84(61-76)104-112-103(83)113-105-85-62-97(122-91-49-25-19-43-77(91)69-31-7-1-8-32-69)98(123-92-50-26-20-44-78(92)70-33-9-2-10-34-70)63-86(85)107(115-105)117-109-89-66-101(126-95-53-29-23-47-81(95)73-39-15-5-16-40-73)102(127-96-54-30-24-48-82(96)74-41-17-6-18-42-74)67-90(89)110(119-109)118-108-88-65-100(125-94-52-28-22-46-80(94)72-37-13-4-14-38-72)99(64-87(88)106(114-104)116-108)124-93-51-27-21-45-79(93)71-35-11-3-12-36-71/h1-67H,(H,120,121)(H2,112,113,114,115,116,117,118,119). The molecule has 5 heterocycles. The second-order valence-corrected chi connectivity index (χ2v) is 30.6. The summed E-state index contributed by atoms with van der Waals surface area (Å²) in [5, 5.41) is 12.5. The van der Waals surface area contributed by atoms with Crippen molar-refractivity contribution in [3.8, 4) is 192 Å². The van der Waals surface area contributed by atoms with Crippen LogP contribution in [0.5, 0.6) is 69.0 Å². The second kappa shape index (κ2) is 32.7. The Hall–Kier alpha value is -17.6. The zero-order valence-electron chi connectivity index (χ0n) is 67.7. The Morgan fingerprint density at radius 2 is 0.409 bits per heavy atom. The average molecular weight is 1640 g/mol. The molecule has 2 aliphatic heterocycles. The Labute approximate surface area is 728 Å². The molecule has 16 nitrogen and oxygen atoms in total. The molecule has 20 aromatic rings. The highest BCUT2D eigenvalue weighted by atomic mass is 16.5. The van der Waals surface area contributed by atoms with E-state index in [1.807, 2.05) is 309 Å². The third kappa shape index (κ3) is 14.8. The molecule has 3 aromatic heterocycles. The lowest BCUT2D eigenvalue weighted by Gasteiger charge is -2.18. The number of aromatic amines is 2. The SMILES string of the molecule is O=C(O)c1ccc(-c2ccc3c4nc5nc(nc6[nH]c(nc7nc(nc([nH]4)c3c2)-c2cc(Oc3ccccc3-c3ccccc3)c(Oc3ccccc3-c3ccccc3)cc2-7)c2cc(Oc3ccccc3-c3ccccc3)c(Oc3ccccc3-c3ccccc3)cc62)-c2cc(Oc3ccccc3-c3ccccc3)c(Oc3ccccc3-c3ccccc3)cc2-5)cc1. The van der Waals surface area contributed by atoms with E-state index in [0.717, 1.165) is 77.9 Å². The van der Waals surface area contributed by atoms with E-state index < -0.39 is 5.97 Å². The van der Waals surface area contributed by atoms with Crippen LogP contribution in [-0.4, -0.2) is 50.9 Å². The van der Waals surface area contributed by atoms with Gasteiger partial charge < -0.3 is 43.5 Å². The van der Waals surface area contributed by atoms with Crippen molar-refractivity contribution in [3.63, 3.8) is 0 Å². The number of hydrogen-bond acceptors (Lipinski definition) is 13.